The first kappa shape index (κ1) is 16.4. The number of hydrogen-bond acceptors (Lipinski definition) is 4. The zero-order valence-corrected chi connectivity index (χ0v) is 12.0. The van der Waals surface area contributed by atoms with Crippen molar-refractivity contribution >= 4 is 35.6 Å². The average molecular weight is 300 g/mol. The van der Waals surface area contributed by atoms with Gasteiger partial charge in [0.1, 0.15) is 6.04 Å². The Morgan fingerprint density at radius 3 is 2.60 bits per heavy atom. The molecule has 0 spiro atoms. The molecule has 1 heterocycles. The van der Waals surface area contributed by atoms with Crippen molar-refractivity contribution in [1.82, 2.24) is 5.32 Å². The van der Waals surface area contributed by atoms with Crippen molar-refractivity contribution in [1.29, 1.82) is 0 Å². The number of carbonyl (C=O) groups excluding carboxylic acids is 2. The Bertz CT molecular complexity index is 476. The van der Waals surface area contributed by atoms with Crippen LogP contribution in [0.3, 0.4) is 0 Å². The summed E-state index contributed by atoms with van der Waals surface area (Å²) < 4.78 is 5.24. The Hall–Kier alpha value is -1.63. The quantitative estimate of drug-likeness (QED) is 0.778. The van der Waals surface area contributed by atoms with Gasteiger partial charge in [-0.1, -0.05) is 6.07 Å². The largest absolute Gasteiger partial charge is 0.378 e. The van der Waals surface area contributed by atoms with Crippen LogP contribution in [0.5, 0.6) is 0 Å². The summed E-state index contributed by atoms with van der Waals surface area (Å²) in [5.74, 6) is -0.287. The van der Waals surface area contributed by atoms with Crippen molar-refractivity contribution in [3.8, 4) is 0 Å². The molecule has 2 rings (SSSR count). The smallest absolute Gasteiger partial charge is 0.243 e. The first-order valence-electron chi connectivity index (χ1n) is 6.15. The minimum absolute atomic E-state index is 0. The number of benzene rings is 1. The SMILES string of the molecule is CC(=O)Nc1cccc(NC(=O)C2COCCN2)c1.Cl. The van der Waals surface area contributed by atoms with Gasteiger partial charge in [0.05, 0.1) is 13.2 Å². The first-order valence-corrected chi connectivity index (χ1v) is 6.15. The lowest BCUT2D eigenvalue weighted by atomic mass is 10.2. The Kier molecular flexibility index (Phi) is 6.44. The molecule has 0 aliphatic carbocycles. The van der Waals surface area contributed by atoms with Crippen LogP contribution in [0.4, 0.5) is 11.4 Å². The molecule has 0 bridgehead atoms. The summed E-state index contributed by atoms with van der Waals surface area (Å²) in [6.07, 6.45) is 0. The molecule has 0 aromatic heterocycles. The predicted octanol–water partition coefficient (Wildman–Crippen LogP) is 0.994. The van der Waals surface area contributed by atoms with E-state index >= 15 is 0 Å². The van der Waals surface area contributed by atoms with Crippen LogP contribution in [0.15, 0.2) is 24.3 Å². The molecule has 1 saturated heterocycles. The third kappa shape index (κ3) is 4.80. The van der Waals surface area contributed by atoms with Crippen LogP contribution in [0.1, 0.15) is 6.92 Å². The van der Waals surface area contributed by atoms with Crippen molar-refractivity contribution in [2.24, 2.45) is 0 Å². The molecule has 110 valence electrons. The molecule has 1 atom stereocenters. The summed E-state index contributed by atoms with van der Waals surface area (Å²) in [6, 6.07) is 6.68. The Labute approximate surface area is 123 Å². The number of hydrogen-bond donors (Lipinski definition) is 3. The number of halogens is 1. The summed E-state index contributed by atoms with van der Waals surface area (Å²) >= 11 is 0. The molecule has 1 unspecified atom stereocenters. The Morgan fingerprint density at radius 1 is 1.30 bits per heavy atom. The molecule has 1 aromatic carbocycles. The maximum Gasteiger partial charge on any atom is 0.243 e. The number of amides is 2. The Morgan fingerprint density at radius 2 is 2.00 bits per heavy atom. The van der Waals surface area contributed by atoms with Gasteiger partial charge in [0.2, 0.25) is 11.8 Å². The lowest BCUT2D eigenvalue weighted by Gasteiger charge is -2.23. The number of nitrogens with one attached hydrogen (secondary N) is 3. The molecule has 1 aliphatic heterocycles. The van der Waals surface area contributed by atoms with E-state index in [4.69, 9.17) is 4.74 Å². The number of rotatable bonds is 3. The molecule has 1 aliphatic rings. The second-order valence-corrected chi connectivity index (χ2v) is 4.33. The molecule has 2 amide bonds. The second kappa shape index (κ2) is 7.84. The fraction of sp³-hybridized carbons (Fsp3) is 0.385. The van der Waals surface area contributed by atoms with Gasteiger partial charge in [-0.15, -0.1) is 12.4 Å². The highest BCUT2D eigenvalue weighted by Crippen LogP contribution is 2.15. The molecule has 1 aromatic rings. The molecule has 6 nitrogen and oxygen atoms in total. The summed E-state index contributed by atoms with van der Waals surface area (Å²) in [6.45, 7) is 3.11. The molecule has 0 saturated carbocycles. The molecule has 7 heteroatoms. The maximum absolute atomic E-state index is 12.0. The van der Waals surface area contributed by atoms with Crippen LogP contribution in [0, 0.1) is 0 Å². The van der Waals surface area contributed by atoms with Gasteiger partial charge in [0.25, 0.3) is 0 Å². The van der Waals surface area contributed by atoms with E-state index in [0.717, 1.165) is 0 Å². The highest BCUT2D eigenvalue weighted by Gasteiger charge is 2.21. The predicted molar refractivity (Wildman–Crippen MR) is 79.2 cm³/mol. The lowest BCUT2D eigenvalue weighted by Crippen LogP contribution is -2.48. The van der Waals surface area contributed by atoms with E-state index in [0.29, 0.717) is 31.1 Å². The number of morpholine rings is 1. The summed E-state index contributed by atoms with van der Waals surface area (Å²) in [5, 5.41) is 8.54. The van der Waals surface area contributed by atoms with E-state index < -0.39 is 0 Å². The van der Waals surface area contributed by atoms with Crippen LogP contribution >= 0.6 is 12.4 Å². The van der Waals surface area contributed by atoms with Gasteiger partial charge in [0, 0.05) is 24.8 Å². The van der Waals surface area contributed by atoms with E-state index in [2.05, 4.69) is 16.0 Å². The zero-order valence-electron chi connectivity index (χ0n) is 11.1. The van der Waals surface area contributed by atoms with Crippen molar-refractivity contribution in [2.75, 3.05) is 30.4 Å². The van der Waals surface area contributed by atoms with Crippen molar-refractivity contribution in [3.05, 3.63) is 24.3 Å². The minimum Gasteiger partial charge on any atom is -0.378 e. The monoisotopic (exact) mass is 299 g/mol. The van der Waals surface area contributed by atoms with Crippen LogP contribution in [-0.4, -0.2) is 37.6 Å². The van der Waals surface area contributed by atoms with Crippen LogP contribution in [-0.2, 0) is 14.3 Å². The summed E-state index contributed by atoms with van der Waals surface area (Å²) in [7, 11) is 0. The van der Waals surface area contributed by atoms with Gasteiger partial charge < -0.3 is 20.7 Å². The minimum atomic E-state index is -0.335. The van der Waals surface area contributed by atoms with Gasteiger partial charge in [-0.2, -0.15) is 0 Å². The van der Waals surface area contributed by atoms with Gasteiger partial charge in [-0.25, -0.2) is 0 Å². The molecule has 3 N–H and O–H groups in total. The zero-order chi connectivity index (χ0) is 13.7. The van der Waals surface area contributed by atoms with E-state index in [1.54, 1.807) is 24.3 Å². The van der Waals surface area contributed by atoms with Gasteiger partial charge in [-0.05, 0) is 18.2 Å². The van der Waals surface area contributed by atoms with Gasteiger partial charge >= 0.3 is 0 Å². The first-order chi connectivity index (χ1) is 9.15. The second-order valence-electron chi connectivity index (χ2n) is 4.33. The molecule has 1 fully saturated rings. The molecule has 20 heavy (non-hydrogen) atoms. The van der Waals surface area contributed by atoms with E-state index in [1.807, 2.05) is 0 Å². The number of carbonyl (C=O) groups is 2. The highest BCUT2D eigenvalue weighted by molar-refractivity contribution is 5.96. The summed E-state index contributed by atoms with van der Waals surface area (Å²) in [5.41, 5.74) is 1.29. The highest BCUT2D eigenvalue weighted by atomic mass is 35.5. The number of anilines is 2. The Balaban J connectivity index is 0.00000200. The third-order valence-corrected chi connectivity index (χ3v) is 2.69. The molecular weight excluding hydrogens is 282 g/mol. The van der Waals surface area contributed by atoms with E-state index in [9.17, 15) is 9.59 Å². The third-order valence-electron chi connectivity index (χ3n) is 2.69. The normalized spacial score (nSPS) is 17.8. The standard InChI is InChI=1S/C13H17N3O3.ClH/c1-9(17)15-10-3-2-4-11(7-10)16-13(18)12-8-19-6-5-14-12;/h2-4,7,12,14H,5-6,8H2,1H3,(H,15,17)(H,16,18);1H. The number of ether oxygens (including phenoxy) is 1. The van der Waals surface area contributed by atoms with Crippen LogP contribution < -0.4 is 16.0 Å². The van der Waals surface area contributed by atoms with Crippen molar-refractivity contribution in [3.63, 3.8) is 0 Å². The molecular formula is C13H18ClN3O3. The van der Waals surface area contributed by atoms with Crippen molar-refractivity contribution in [2.45, 2.75) is 13.0 Å². The fourth-order valence-corrected chi connectivity index (χ4v) is 1.84. The van der Waals surface area contributed by atoms with Crippen molar-refractivity contribution < 1.29 is 14.3 Å². The lowest BCUT2D eigenvalue weighted by molar-refractivity contribution is -0.120. The van der Waals surface area contributed by atoms with Crippen LogP contribution in [0.25, 0.3) is 0 Å². The van der Waals surface area contributed by atoms with E-state index in [1.165, 1.54) is 6.92 Å². The van der Waals surface area contributed by atoms with Gasteiger partial charge in [0.15, 0.2) is 0 Å². The fourth-order valence-electron chi connectivity index (χ4n) is 1.84. The van der Waals surface area contributed by atoms with Crippen LogP contribution in [0.2, 0.25) is 0 Å². The van der Waals surface area contributed by atoms with E-state index in [-0.39, 0.29) is 30.3 Å². The molecule has 0 radical (unpaired) electrons. The maximum atomic E-state index is 12.0. The summed E-state index contributed by atoms with van der Waals surface area (Å²) in [4.78, 5) is 22.9. The topological polar surface area (TPSA) is 79.5 Å². The van der Waals surface area contributed by atoms with Gasteiger partial charge in [-0.3, -0.25) is 9.59 Å². The average Bonchev–Trinajstić information content (AvgIpc) is 2.39.